The number of para-hydroxylation sites is 1. The highest BCUT2D eigenvalue weighted by atomic mass is 19.1. The largest absolute Gasteiger partial charge is 0.366 e. The molecule has 2 atom stereocenters. The van der Waals surface area contributed by atoms with Gasteiger partial charge in [0.15, 0.2) is 0 Å². The zero-order valence-electron chi connectivity index (χ0n) is 12.4. The van der Waals surface area contributed by atoms with Gasteiger partial charge in [-0.05, 0) is 43.4 Å². The number of fused-ring (bicyclic) bond motifs is 1. The van der Waals surface area contributed by atoms with Gasteiger partial charge in [0, 0.05) is 19.1 Å². The summed E-state index contributed by atoms with van der Waals surface area (Å²) in [5.41, 5.74) is 1.97. The van der Waals surface area contributed by atoms with E-state index in [1.54, 1.807) is 6.07 Å². The van der Waals surface area contributed by atoms with E-state index in [-0.39, 0.29) is 5.82 Å². The fourth-order valence-corrected chi connectivity index (χ4v) is 3.97. The molecule has 20 heavy (non-hydrogen) atoms. The van der Waals surface area contributed by atoms with E-state index < -0.39 is 0 Å². The van der Waals surface area contributed by atoms with Crippen molar-refractivity contribution in [2.24, 2.45) is 5.92 Å². The van der Waals surface area contributed by atoms with E-state index in [9.17, 15) is 4.39 Å². The molecule has 110 valence electrons. The Bertz CT molecular complexity index is 460. The quantitative estimate of drug-likeness (QED) is 0.902. The predicted molar refractivity (Wildman–Crippen MR) is 81.5 cm³/mol. The molecule has 1 aliphatic carbocycles. The molecule has 1 heterocycles. The van der Waals surface area contributed by atoms with Crippen molar-refractivity contribution in [1.29, 1.82) is 0 Å². The maximum absolute atomic E-state index is 14.4. The van der Waals surface area contributed by atoms with E-state index in [1.165, 1.54) is 32.1 Å². The Kier molecular flexibility index (Phi) is 4.25. The highest BCUT2D eigenvalue weighted by molar-refractivity contribution is 5.56. The average molecular weight is 276 g/mol. The van der Waals surface area contributed by atoms with Gasteiger partial charge in [-0.3, -0.25) is 0 Å². The number of nitrogens with zero attached hydrogens (tertiary/aromatic N) is 1. The molecule has 2 unspecified atom stereocenters. The molecule has 3 rings (SSSR count). The van der Waals surface area contributed by atoms with Crippen molar-refractivity contribution in [2.75, 3.05) is 18.0 Å². The van der Waals surface area contributed by atoms with Gasteiger partial charge in [-0.2, -0.15) is 0 Å². The smallest absolute Gasteiger partial charge is 0.146 e. The number of anilines is 1. The van der Waals surface area contributed by atoms with Gasteiger partial charge in [0.25, 0.3) is 0 Å². The summed E-state index contributed by atoms with van der Waals surface area (Å²) in [7, 11) is 0. The van der Waals surface area contributed by atoms with Crippen LogP contribution < -0.4 is 10.2 Å². The van der Waals surface area contributed by atoms with Crippen LogP contribution in [0.25, 0.3) is 0 Å². The molecule has 0 spiro atoms. The minimum absolute atomic E-state index is 0.0494. The van der Waals surface area contributed by atoms with Crippen molar-refractivity contribution in [2.45, 2.75) is 51.6 Å². The molecule has 1 saturated carbocycles. The minimum atomic E-state index is -0.0494. The lowest BCUT2D eigenvalue weighted by Gasteiger charge is -2.34. The lowest BCUT2D eigenvalue weighted by molar-refractivity contribution is 0.341. The molecule has 2 aliphatic rings. The number of halogens is 1. The summed E-state index contributed by atoms with van der Waals surface area (Å²) in [5, 5.41) is 3.33. The summed E-state index contributed by atoms with van der Waals surface area (Å²) < 4.78 is 14.4. The Balaban J connectivity index is 1.88. The Morgan fingerprint density at radius 2 is 2.10 bits per heavy atom. The van der Waals surface area contributed by atoms with Crippen molar-refractivity contribution >= 4 is 5.69 Å². The number of benzene rings is 1. The molecular formula is C17H25FN2. The van der Waals surface area contributed by atoms with E-state index in [2.05, 4.69) is 23.2 Å². The third kappa shape index (κ3) is 2.56. The zero-order chi connectivity index (χ0) is 13.9. The van der Waals surface area contributed by atoms with Crippen LogP contribution in [0, 0.1) is 11.7 Å². The van der Waals surface area contributed by atoms with Crippen LogP contribution in [0.15, 0.2) is 18.2 Å². The first-order valence-electron chi connectivity index (χ1n) is 8.06. The first-order valence-corrected chi connectivity index (χ1v) is 8.06. The van der Waals surface area contributed by atoms with Crippen LogP contribution in [0.4, 0.5) is 10.1 Å². The summed E-state index contributed by atoms with van der Waals surface area (Å²) >= 11 is 0. The normalized spacial score (nSPS) is 25.8. The van der Waals surface area contributed by atoms with Crippen LogP contribution in [0.5, 0.6) is 0 Å². The van der Waals surface area contributed by atoms with Crippen LogP contribution in [-0.4, -0.2) is 19.1 Å². The Hall–Kier alpha value is -1.09. The number of nitrogens with one attached hydrogen (secondary N) is 1. The molecule has 0 bridgehead atoms. The molecule has 1 saturated heterocycles. The maximum Gasteiger partial charge on any atom is 0.146 e. The molecule has 0 amide bonds. The second-order valence-corrected chi connectivity index (χ2v) is 6.12. The van der Waals surface area contributed by atoms with E-state index in [0.717, 1.165) is 36.8 Å². The number of rotatable bonds is 4. The lowest BCUT2D eigenvalue weighted by atomic mass is 9.85. The Morgan fingerprint density at radius 1 is 1.25 bits per heavy atom. The highest BCUT2D eigenvalue weighted by Crippen LogP contribution is 2.40. The van der Waals surface area contributed by atoms with Crippen molar-refractivity contribution in [1.82, 2.24) is 5.32 Å². The van der Waals surface area contributed by atoms with E-state index >= 15 is 0 Å². The van der Waals surface area contributed by atoms with E-state index in [4.69, 9.17) is 0 Å². The molecule has 2 fully saturated rings. The second-order valence-electron chi connectivity index (χ2n) is 6.12. The zero-order valence-corrected chi connectivity index (χ0v) is 12.4. The van der Waals surface area contributed by atoms with Gasteiger partial charge >= 0.3 is 0 Å². The summed E-state index contributed by atoms with van der Waals surface area (Å²) in [5.74, 6) is 0.738. The van der Waals surface area contributed by atoms with Crippen LogP contribution in [-0.2, 0) is 6.54 Å². The topological polar surface area (TPSA) is 15.3 Å². The van der Waals surface area contributed by atoms with Crippen LogP contribution >= 0.6 is 0 Å². The van der Waals surface area contributed by atoms with E-state index in [0.29, 0.717) is 6.04 Å². The SMILES string of the molecule is CCNCc1cccc(F)c1N1CCC2CCCCC21. The third-order valence-electron chi connectivity index (χ3n) is 4.93. The van der Waals surface area contributed by atoms with Gasteiger partial charge < -0.3 is 10.2 Å². The molecule has 1 aromatic carbocycles. The highest BCUT2D eigenvalue weighted by Gasteiger charge is 2.37. The van der Waals surface area contributed by atoms with Gasteiger partial charge in [0.2, 0.25) is 0 Å². The van der Waals surface area contributed by atoms with Gasteiger partial charge in [-0.15, -0.1) is 0 Å². The van der Waals surface area contributed by atoms with Gasteiger partial charge in [0.05, 0.1) is 5.69 Å². The first kappa shape index (κ1) is 13.9. The van der Waals surface area contributed by atoms with Crippen LogP contribution in [0.2, 0.25) is 0 Å². The summed E-state index contributed by atoms with van der Waals surface area (Å²) in [6.45, 7) is 4.79. The molecule has 0 aromatic heterocycles. The summed E-state index contributed by atoms with van der Waals surface area (Å²) in [6.07, 6.45) is 6.46. The molecule has 1 aromatic rings. The molecule has 3 heteroatoms. The number of hydrogen-bond acceptors (Lipinski definition) is 2. The second kappa shape index (κ2) is 6.13. The first-order chi connectivity index (χ1) is 9.81. The monoisotopic (exact) mass is 276 g/mol. The third-order valence-corrected chi connectivity index (χ3v) is 4.93. The van der Waals surface area contributed by atoms with Crippen molar-refractivity contribution in [3.63, 3.8) is 0 Å². The molecular weight excluding hydrogens is 251 g/mol. The lowest BCUT2D eigenvalue weighted by Crippen LogP contribution is -2.36. The average Bonchev–Trinajstić information content (AvgIpc) is 2.89. The maximum atomic E-state index is 14.4. The van der Waals surface area contributed by atoms with Crippen molar-refractivity contribution < 1.29 is 4.39 Å². The standard InChI is InChI=1S/C17H25FN2/c1-2-19-12-14-7-5-8-15(18)17(14)20-11-10-13-6-3-4-9-16(13)20/h5,7-8,13,16,19H,2-4,6,9-12H2,1H3. The van der Waals surface area contributed by atoms with E-state index in [1.807, 2.05) is 6.07 Å². The van der Waals surface area contributed by atoms with Crippen LogP contribution in [0.3, 0.4) is 0 Å². The van der Waals surface area contributed by atoms with Crippen molar-refractivity contribution in [3.05, 3.63) is 29.6 Å². The fourth-order valence-electron chi connectivity index (χ4n) is 3.97. The molecule has 0 radical (unpaired) electrons. The number of hydrogen-bond donors (Lipinski definition) is 1. The van der Waals surface area contributed by atoms with Gasteiger partial charge in [-0.25, -0.2) is 4.39 Å². The fraction of sp³-hybridized carbons (Fsp3) is 0.647. The summed E-state index contributed by atoms with van der Waals surface area (Å²) in [6, 6.07) is 6.08. The summed E-state index contributed by atoms with van der Waals surface area (Å²) in [4.78, 5) is 2.37. The van der Waals surface area contributed by atoms with Crippen molar-refractivity contribution in [3.8, 4) is 0 Å². The van der Waals surface area contributed by atoms with Gasteiger partial charge in [-0.1, -0.05) is 31.9 Å². The van der Waals surface area contributed by atoms with Gasteiger partial charge in [0.1, 0.15) is 5.82 Å². The Morgan fingerprint density at radius 3 is 2.95 bits per heavy atom. The minimum Gasteiger partial charge on any atom is -0.366 e. The molecule has 1 N–H and O–H groups in total. The molecule has 2 nitrogen and oxygen atoms in total. The molecule has 1 aliphatic heterocycles. The van der Waals surface area contributed by atoms with Crippen LogP contribution in [0.1, 0.15) is 44.6 Å². The predicted octanol–water partition coefficient (Wildman–Crippen LogP) is 3.70. The Labute approximate surface area is 121 Å².